The lowest BCUT2D eigenvalue weighted by Crippen LogP contribution is -2.33. The van der Waals surface area contributed by atoms with E-state index >= 15 is 0 Å². The van der Waals surface area contributed by atoms with Gasteiger partial charge in [-0.2, -0.15) is 0 Å². The van der Waals surface area contributed by atoms with Crippen molar-refractivity contribution in [1.82, 2.24) is 4.98 Å². The fourth-order valence-electron chi connectivity index (χ4n) is 2.02. The third-order valence-electron chi connectivity index (χ3n) is 3.36. The molecular formula is C14H23N3. The van der Waals surface area contributed by atoms with Gasteiger partial charge in [-0.1, -0.05) is 0 Å². The van der Waals surface area contributed by atoms with Crippen LogP contribution in [-0.4, -0.2) is 17.6 Å². The number of rotatable bonds is 5. The van der Waals surface area contributed by atoms with Crippen LogP contribution in [0.2, 0.25) is 0 Å². The van der Waals surface area contributed by atoms with Crippen molar-refractivity contribution in [2.45, 2.75) is 45.7 Å². The van der Waals surface area contributed by atoms with E-state index in [0.717, 1.165) is 23.8 Å². The Morgan fingerprint density at radius 1 is 1.41 bits per heavy atom. The lowest BCUT2D eigenvalue weighted by atomic mass is 10.1. The molecule has 0 radical (unpaired) electrons. The summed E-state index contributed by atoms with van der Waals surface area (Å²) in [6.07, 6.45) is 4.61. The van der Waals surface area contributed by atoms with Crippen molar-refractivity contribution < 1.29 is 0 Å². The van der Waals surface area contributed by atoms with Gasteiger partial charge >= 0.3 is 0 Å². The summed E-state index contributed by atoms with van der Waals surface area (Å²) in [5, 5.41) is 0. The van der Waals surface area contributed by atoms with Crippen molar-refractivity contribution >= 4 is 5.82 Å². The number of anilines is 1. The highest BCUT2D eigenvalue weighted by Crippen LogP contribution is 2.32. The van der Waals surface area contributed by atoms with Crippen molar-refractivity contribution in [1.29, 1.82) is 0 Å². The monoisotopic (exact) mass is 233 g/mol. The molecule has 0 unspecified atom stereocenters. The van der Waals surface area contributed by atoms with E-state index < -0.39 is 0 Å². The summed E-state index contributed by atoms with van der Waals surface area (Å²) in [4.78, 5) is 6.89. The first kappa shape index (κ1) is 12.4. The molecule has 1 aliphatic carbocycles. The number of aromatic nitrogens is 1. The smallest absolute Gasteiger partial charge is 0.129 e. The van der Waals surface area contributed by atoms with Crippen LogP contribution in [0.25, 0.3) is 0 Å². The minimum absolute atomic E-state index is 0.0756. The zero-order valence-electron chi connectivity index (χ0n) is 11.1. The Morgan fingerprint density at radius 3 is 2.65 bits per heavy atom. The molecule has 1 aliphatic rings. The fraction of sp³-hybridized carbons (Fsp3) is 0.643. The second-order valence-corrected chi connectivity index (χ2v) is 5.43. The maximum absolute atomic E-state index is 5.93. The molecule has 1 atom stereocenters. The third-order valence-corrected chi connectivity index (χ3v) is 3.36. The maximum atomic E-state index is 5.93. The molecule has 3 heteroatoms. The Morgan fingerprint density at radius 2 is 2.12 bits per heavy atom. The third kappa shape index (κ3) is 3.19. The van der Waals surface area contributed by atoms with Crippen LogP contribution in [0.4, 0.5) is 5.82 Å². The molecule has 1 aromatic heterocycles. The van der Waals surface area contributed by atoms with Crippen molar-refractivity contribution in [3.8, 4) is 0 Å². The van der Waals surface area contributed by atoms with Gasteiger partial charge in [0.1, 0.15) is 5.82 Å². The first-order chi connectivity index (χ1) is 8.08. The van der Waals surface area contributed by atoms with Gasteiger partial charge in [0, 0.05) is 24.8 Å². The van der Waals surface area contributed by atoms with Crippen LogP contribution < -0.4 is 10.6 Å². The normalized spacial score (nSPS) is 17.2. The van der Waals surface area contributed by atoms with E-state index in [4.69, 9.17) is 5.73 Å². The summed E-state index contributed by atoms with van der Waals surface area (Å²) >= 11 is 0. The zero-order chi connectivity index (χ0) is 12.4. The van der Waals surface area contributed by atoms with Gasteiger partial charge in [0.15, 0.2) is 0 Å². The van der Waals surface area contributed by atoms with E-state index in [-0.39, 0.29) is 6.04 Å². The number of nitrogens with two attached hydrogens (primary N) is 1. The molecule has 0 bridgehead atoms. The maximum Gasteiger partial charge on any atom is 0.129 e. The Balaban J connectivity index is 2.18. The minimum Gasteiger partial charge on any atom is -0.354 e. The highest BCUT2D eigenvalue weighted by Gasteiger charge is 2.26. The van der Waals surface area contributed by atoms with Crippen LogP contribution in [0.15, 0.2) is 18.3 Å². The first-order valence-corrected chi connectivity index (χ1v) is 6.56. The van der Waals surface area contributed by atoms with Crippen LogP contribution in [0.1, 0.15) is 45.2 Å². The van der Waals surface area contributed by atoms with Gasteiger partial charge in [-0.3, -0.25) is 0 Å². The second-order valence-electron chi connectivity index (χ2n) is 5.43. The number of nitrogens with zero attached hydrogens (tertiary/aromatic N) is 2. The van der Waals surface area contributed by atoms with Crippen LogP contribution >= 0.6 is 0 Å². The summed E-state index contributed by atoms with van der Waals surface area (Å²) in [5.41, 5.74) is 7.09. The number of hydrogen-bond donors (Lipinski definition) is 1. The van der Waals surface area contributed by atoms with Gasteiger partial charge in [0.25, 0.3) is 0 Å². The van der Waals surface area contributed by atoms with Gasteiger partial charge in [0.2, 0.25) is 0 Å². The molecule has 0 aliphatic heterocycles. The van der Waals surface area contributed by atoms with E-state index in [9.17, 15) is 0 Å². The summed E-state index contributed by atoms with van der Waals surface area (Å²) in [7, 11) is 0. The largest absolute Gasteiger partial charge is 0.354 e. The van der Waals surface area contributed by atoms with Gasteiger partial charge < -0.3 is 10.6 Å². The van der Waals surface area contributed by atoms with E-state index in [2.05, 4.69) is 29.8 Å². The molecule has 1 fully saturated rings. The zero-order valence-corrected chi connectivity index (χ0v) is 11.1. The topological polar surface area (TPSA) is 42.1 Å². The highest BCUT2D eigenvalue weighted by atomic mass is 15.2. The molecule has 2 rings (SSSR count). The lowest BCUT2D eigenvalue weighted by Gasteiger charge is -2.28. The van der Waals surface area contributed by atoms with Gasteiger partial charge in [-0.05, 0) is 57.2 Å². The molecule has 1 heterocycles. The van der Waals surface area contributed by atoms with Crippen LogP contribution in [-0.2, 0) is 0 Å². The molecule has 0 aromatic carbocycles. The molecular weight excluding hydrogens is 210 g/mol. The molecule has 17 heavy (non-hydrogen) atoms. The van der Waals surface area contributed by atoms with Gasteiger partial charge in [0.05, 0.1) is 0 Å². The summed E-state index contributed by atoms with van der Waals surface area (Å²) in [6.45, 7) is 7.60. The average Bonchev–Trinajstić information content (AvgIpc) is 3.09. The van der Waals surface area contributed by atoms with E-state index in [1.165, 1.54) is 12.8 Å². The SMILES string of the molecule is CC(C)N(CC1CC1)c1cc([C@@H](C)N)ccn1. The number of pyridine rings is 1. The van der Waals surface area contributed by atoms with Crippen molar-refractivity contribution in [2.75, 3.05) is 11.4 Å². The molecule has 0 saturated heterocycles. The summed E-state index contributed by atoms with van der Waals surface area (Å²) in [5.74, 6) is 1.94. The standard InChI is InChI=1S/C14H23N3/c1-10(2)17(9-12-4-5-12)14-8-13(11(3)15)6-7-16-14/h6-8,10-12H,4-5,9,15H2,1-3H3/t11-/m1/s1. The second kappa shape index (κ2) is 5.05. The lowest BCUT2D eigenvalue weighted by molar-refractivity contribution is 0.635. The Kier molecular flexibility index (Phi) is 3.67. The van der Waals surface area contributed by atoms with Crippen LogP contribution in [0.3, 0.4) is 0 Å². The quantitative estimate of drug-likeness (QED) is 0.850. The molecule has 0 spiro atoms. The highest BCUT2D eigenvalue weighted by molar-refractivity contribution is 5.42. The summed E-state index contributed by atoms with van der Waals surface area (Å²) < 4.78 is 0. The Bertz CT molecular complexity index is 369. The summed E-state index contributed by atoms with van der Waals surface area (Å²) in [6, 6.07) is 4.70. The Hall–Kier alpha value is -1.09. The predicted octanol–water partition coefficient (Wildman–Crippen LogP) is 2.73. The molecule has 0 amide bonds. The van der Waals surface area contributed by atoms with Crippen molar-refractivity contribution in [3.63, 3.8) is 0 Å². The fourth-order valence-corrected chi connectivity index (χ4v) is 2.02. The average molecular weight is 233 g/mol. The molecule has 94 valence electrons. The molecule has 1 aromatic rings. The molecule has 1 saturated carbocycles. The molecule has 2 N–H and O–H groups in total. The van der Waals surface area contributed by atoms with E-state index in [1.807, 2.05) is 19.2 Å². The van der Waals surface area contributed by atoms with Crippen LogP contribution in [0, 0.1) is 5.92 Å². The first-order valence-electron chi connectivity index (χ1n) is 6.56. The minimum atomic E-state index is 0.0756. The van der Waals surface area contributed by atoms with Crippen LogP contribution in [0.5, 0.6) is 0 Å². The van der Waals surface area contributed by atoms with Crippen molar-refractivity contribution in [2.24, 2.45) is 11.7 Å². The molecule has 3 nitrogen and oxygen atoms in total. The number of hydrogen-bond acceptors (Lipinski definition) is 3. The van der Waals surface area contributed by atoms with E-state index in [0.29, 0.717) is 6.04 Å². The van der Waals surface area contributed by atoms with Gasteiger partial charge in [-0.15, -0.1) is 0 Å². The van der Waals surface area contributed by atoms with Crippen molar-refractivity contribution in [3.05, 3.63) is 23.9 Å². The van der Waals surface area contributed by atoms with Gasteiger partial charge in [-0.25, -0.2) is 4.98 Å². The Labute approximate surface area is 104 Å². The predicted molar refractivity (Wildman–Crippen MR) is 72.0 cm³/mol. The van der Waals surface area contributed by atoms with E-state index in [1.54, 1.807) is 0 Å².